The molecule has 0 bridgehead atoms. The Labute approximate surface area is 203 Å². The Hall–Kier alpha value is -1.26. The van der Waals surface area contributed by atoms with Gasteiger partial charge in [0.1, 0.15) is 9.79 Å². The number of likely N-dealkylation sites (N-methyl/N-ethyl adjacent to an activating group) is 2. The van der Waals surface area contributed by atoms with Gasteiger partial charge in [0.05, 0.1) is 0 Å². The van der Waals surface area contributed by atoms with Gasteiger partial charge in [0.2, 0.25) is 0 Å². The van der Waals surface area contributed by atoms with Crippen molar-refractivity contribution in [2.75, 3.05) is 37.0 Å². The zero-order valence-electron chi connectivity index (χ0n) is 17.1. The second-order valence-corrected chi connectivity index (χ2v) is 12.3. The highest BCUT2D eigenvalue weighted by atomic mass is 79.9. The third kappa shape index (κ3) is 4.97. The minimum Gasteiger partial charge on any atom is -0.374 e. The van der Waals surface area contributed by atoms with Gasteiger partial charge in [-0.1, -0.05) is 9.77 Å². The van der Waals surface area contributed by atoms with Gasteiger partial charge in [-0.15, -0.1) is 0 Å². The number of hydrogen-bond donors (Lipinski definition) is 4. The molecule has 32 heavy (non-hydrogen) atoms. The maximum absolute atomic E-state index is 11.5. The maximum Gasteiger partial charge on any atom is 0.263 e. The van der Waals surface area contributed by atoms with Crippen LogP contribution in [0.5, 0.6) is 0 Å². The molecule has 2 heterocycles. The first kappa shape index (κ1) is 25.4. The molecule has 0 saturated heterocycles. The van der Waals surface area contributed by atoms with Gasteiger partial charge in [0.25, 0.3) is 20.0 Å². The summed E-state index contributed by atoms with van der Waals surface area (Å²) in [6, 6.07) is 6.68. The number of nitrogens with one attached hydrogen (secondary N) is 2. The van der Waals surface area contributed by atoms with E-state index >= 15 is 0 Å². The van der Waals surface area contributed by atoms with Crippen molar-refractivity contribution in [3.8, 4) is 0 Å². The average molecular weight is 614 g/mol. The van der Waals surface area contributed by atoms with Crippen molar-refractivity contribution in [3.63, 3.8) is 0 Å². The quantitative estimate of drug-likeness (QED) is 0.385. The summed E-state index contributed by atoms with van der Waals surface area (Å²) in [7, 11) is -3.87. The molecule has 0 fully saturated rings. The third-order valence-corrected chi connectivity index (χ3v) is 9.49. The summed E-state index contributed by atoms with van der Waals surface area (Å²) in [5.41, 5.74) is 3.98. The van der Waals surface area contributed by atoms with Gasteiger partial charge in [0.15, 0.2) is 0 Å². The van der Waals surface area contributed by atoms with Crippen LogP contribution in [0.2, 0.25) is 0 Å². The lowest BCUT2D eigenvalue weighted by molar-refractivity contribution is 0.242. The second-order valence-electron chi connectivity index (χ2n) is 7.36. The molecule has 4 N–H and O–H groups in total. The van der Waals surface area contributed by atoms with Gasteiger partial charge in [-0.25, -0.2) is 16.8 Å². The zero-order chi connectivity index (χ0) is 23.8. The predicted octanol–water partition coefficient (Wildman–Crippen LogP) is 2.22. The second kappa shape index (κ2) is 9.54. The first-order chi connectivity index (χ1) is 14.9. The summed E-state index contributed by atoms with van der Waals surface area (Å²) >= 11 is 6.40. The lowest BCUT2D eigenvalue weighted by Gasteiger charge is -2.14. The van der Waals surface area contributed by atoms with E-state index < -0.39 is 20.0 Å². The van der Waals surface area contributed by atoms with Crippen LogP contribution in [0.4, 0.5) is 11.4 Å². The minimum atomic E-state index is -3.84. The van der Waals surface area contributed by atoms with Crippen molar-refractivity contribution in [3.05, 3.63) is 44.3 Å². The molecule has 10 nitrogen and oxygen atoms in total. The van der Waals surface area contributed by atoms with E-state index in [0.717, 1.165) is 48.4 Å². The first-order valence-corrected chi connectivity index (χ1v) is 13.9. The number of benzene rings is 2. The Bertz CT molecular complexity index is 1160. The smallest absolute Gasteiger partial charge is 0.263 e. The van der Waals surface area contributed by atoms with E-state index in [9.17, 15) is 16.8 Å². The van der Waals surface area contributed by atoms with Crippen LogP contribution in [0.15, 0.2) is 43.0 Å². The van der Waals surface area contributed by atoms with Gasteiger partial charge < -0.3 is 20.2 Å². The van der Waals surface area contributed by atoms with E-state index in [1.54, 1.807) is 24.3 Å². The molecule has 0 amide bonds. The normalized spacial score (nSPS) is 15.3. The Kier molecular flexibility index (Phi) is 7.56. The molecule has 2 aromatic rings. The summed E-state index contributed by atoms with van der Waals surface area (Å²) in [5.74, 6) is 0. The fourth-order valence-electron chi connectivity index (χ4n) is 3.61. The number of nitrogens with zero attached hydrogens (tertiary/aromatic N) is 2. The van der Waals surface area contributed by atoms with Crippen LogP contribution in [-0.4, -0.2) is 54.4 Å². The van der Waals surface area contributed by atoms with Crippen molar-refractivity contribution < 1.29 is 27.3 Å². The fourth-order valence-corrected chi connectivity index (χ4v) is 7.03. The predicted molar refractivity (Wildman–Crippen MR) is 126 cm³/mol. The largest absolute Gasteiger partial charge is 0.374 e. The number of anilines is 2. The summed E-state index contributed by atoms with van der Waals surface area (Å²) in [6.45, 7) is 1.75. The molecule has 0 saturated carbocycles. The molecule has 2 aliphatic rings. The molecule has 14 heteroatoms. The topological polar surface area (TPSA) is 139 Å². The highest BCUT2D eigenvalue weighted by molar-refractivity contribution is 9.10. The van der Waals surface area contributed by atoms with E-state index in [-0.39, 0.29) is 9.79 Å². The Morgan fingerprint density at radius 3 is 1.41 bits per heavy atom. The van der Waals surface area contributed by atoms with Gasteiger partial charge in [-0.3, -0.25) is 0 Å². The molecular weight excluding hydrogens is 592 g/mol. The summed E-state index contributed by atoms with van der Waals surface area (Å²) in [5, 5.41) is 17.2. The maximum atomic E-state index is 11.5. The lowest BCUT2D eigenvalue weighted by atomic mass is 10.2. The summed E-state index contributed by atoms with van der Waals surface area (Å²) in [4.78, 5) is 6.71. The van der Waals surface area contributed by atoms with Crippen LogP contribution in [-0.2, 0) is 32.9 Å². The number of sulfonamides is 2. The molecular formula is C18H22Br2N4O6S2. The summed E-state index contributed by atoms with van der Waals surface area (Å²) in [6.07, 6.45) is 1.80. The highest BCUT2D eigenvalue weighted by Crippen LogP contribution is 2.35. The third-order valence-electron chi connectivity index (χ3n) is 5.34. The number of rotatable bonds is 4. The van der Waals surface area contributed by atoms with Crippen molar-refractivity contribution in [1.29, 1.82) is 0 Å². The molecule has 0 atom stereocenters. The first-order valence-electron chi connectivity index (χ1n) is 9.30. The molecule has 0 unspecified atom stereocenters. The van der Waals surface area contributed by atoms with Gasteiger partial charge >= 0.3 is 0 Å². The fraction of sp³-hybridized carbons (Fsp3) is 0.333. The van der Waals surface area contributed by atoms with Gasteiger partial charge in [-0.2, -0.15) is 0 Å². The van der Waals surface area contributed by atoms with Crippen LogP contribution in [0.25, 0.3) is 0 Å². The SMILES string of the molecule is CN1CCc2cc(Br)c(S(=O)(=O)NO)cc21.CN1CCc2cc(Br)c(S(=O)(=O)NO)cc21. The molecule has 0 radical (unpaired) electrons. The molecule has 4 rings (SSSR count). The van der Waals surface area contributed by atoms with Crippen molar-refractivity contribution >= 4 is 63.3 Å². The number of halogens is 2. The van der Waals surface area contributed by atoms with E-state index in [1.165, 1.54) is 9.77 Å². The van der Waals surface area contributed by atoms with Crippen LogP contribution in [0.1, 0.15) is 11.1 Å². The van der Waals surface area contributed by atoms with Crippen LogP contribution < -0.4 is 19.6 Å². The van der Waals surface area contributed by atoms with E-state index in [4.69, 9.17) is 10.4 Å². The molecule has 0 spiro atoms. The molecule has 176 valence electrons. The number of fused-ring (bicyclic) bond motifs is 2. The van der Waals surface area contributed by atoms with Crippen molar-refractivity contribution in [2.45, 2.75) is 22.6 Å². The average Bonchev–Trinajstić information content (AvgIpc) is 3.29. The molecule has 2 aliphatic heterocycles. The van der Waals surface area contributed by atoms with Gasteiger partial charge in [-0.05, 0) is 80.1 Å². The van der Waals surface area contributed by atoms with E-state index in [2.05, 4.69) is 31.9 Å². The van der Waals surface area contributed by atoms with E-state index in [0.29, 0.717) is 8.95 Å². The minimum absolute atomic E-state index is 0.0440. The van der Waals surface area contributed by atoms with Gasteiger partial charge in [0, 0.05) is 47.5 Å². The summed E-state index contributed by atoms with van der Waals surface area (Å²) < 4.78 is 47.0. The van der Waals surface area contributed by atoms with Crippen LogP contribution >= 0.6 is 31.9 Å². The Morgan fingerprint density at radius 1 is 0.750 bits per heavy atom. The standard InChI is InChI=1S/2C9H11BrN2O3S/c2*1-12-3-2-6-4-7(10)9(5-8(6)12)16(14,15)11-13/h2*4-5,11,13H,2-3H2,1H3. The Morgan fingerprint density at radius 2 is 1.09 bits per heavy atom. The van der Waals surface area contributed by atoms with Crippen LogP contribution in [0, 0.1) is 0 Å². The van der Waals surface area contributed by atoms with Crippen molar-refractivity contribution in [2.24, 2.45) is 0 Å². The number of hydrogen-bond acceptors (Lipinski definition) is 8. The lowest BCUT2D eigenvalue weighted by Crippen LogP contribution is -2.20. The van der Waals surface area contributed by atoms with E-state index in [1.807, 2.05) is 23.9 Å². The monoisotopic (exact) mass is 612 g/mol. The van der Waals surface area contributed by atoms with Crippen LogP contribution in [0.3, 0.4) is 0 Å². The zero-order valence-corrected chi connectivity index (χ0v) is 21.9. The molecule has 0 aliphatic carbocycles. The molecule has 2 aromatic carbocycles. The molecule has 0 aromatic heterocycles. The van der Waals surface area contributed by atoms with Crippen molar-refractivity contribution in [1.82, 2.24) is 9.77 Å². The Balaban J connectivity index is 0.000000181. The highest BCUT2D eigenvalue weighted by Gasteiger charge is 2.24.